The summed E-state index contributed by atoms with van der Waals surface area (Å²) in [6.45, 7) is 18.1. The second kappa shape index (κ2) is 12.2. The first kappa shape index (κ1) is 31.1. The molecule has 0 aliphatic rings. The van der Waals surface area contributed by atoms with Crippen molar-refractivity contribution in [3.8, 4) is 22.6 Å². The van der Waals surface area contributed by atoms with E-state index < -0.39 is 0 Å². The molecule has 0 saturated carbocycles. The van der Waals surface area contributed by atoms with Crippen molar-refractivity contribution in [3.63, 3.8) is 0 Å². The number of aromatic hydroxyl groups is 2. The molecule has 2 N–H and O–H groups in total. The van der Waals surface area contributed by atoms with Crippen LogP contribution < -0.4 is 4.90 Å². The fourth-order valence-corrected chi connectivity index (χ4v) is 4.77. The van der Waals surface area contributed by atoms with E-state index in [-0.39, 0.29) is 37.0 Å². The Morgan fingerprint density at radius 3 is 1.84 bits per heavy atom. The van der Waals surface area contributed by atoms with E-state index in [0.717, 1.165) is 51.2 Å². The van der Waals surface area contributed by atoms with Gasteiger partial charge in [-0.2, -0.15) is 0 Å². The molecule has 0 saturated heterocycles. The minimum atomic E-state index is -0.209. The van der Waals surface area contributed by atoms with Gasteiger partial charge in [0.25, 0.3) is 0 Å². The third kappa shape index (κ3) is 7.06. The average molecular weight is 581 g/mol. The molecule has 0 amide bonds. The summed E-state index contributed by atoms with van der Waals surface area (Å²) in [5.41, 5.74) is 7.06. The van der Waals surface area contributed by atoms with Gasteiger partial charge in [0.2, 0.25) is 0 Å². The molecule has 0 aromatic heterocycles. The predicted molar refractivity (Wildman–Crippen MR) is 152 cm³/mol. The number of phenols is 2. The molecule has 0 spiro atoms. The van der Waals surface area contributed by atoms with Gasteiger partial charge in [0.1, 0.15) is 11.5 Å². The zero-order valence-corrected chi connectivity index (χ0v) is 26.4. The largest absolute Gasteiger partial charge is 0.507 e. The van der Waals surface area contributed by atoms with Gasteiger partial charge in [-0.3, -0.25) is 0 Å². The van der Waals surface area contributed by atoms with Crippen LogP contribution >= 0.6 is 0 Å². The van der Waals surface area contributed by atoms with E-state index in [9.17, 15) is 10.2 Å². The first-order chi connectivity index (χ1) is 16.8. The van der Waals surface area contributed by atoms with Gasteiger partial charge in [-0.05, 0) is 60.4 Å². The number of nitrogens with zero attached hydrogens (tertiary/aromatic N) is 1. The molecular formula is C32H43NO3Zr. The summed E-state index contributed by atoms with van der Waals surface area (Å²) in [4.78, 5) is 2.17. The molecule has 0 unspecified atom stereocenters. The Morgan fingerprint density at radius 2 is 1.27 bits per heavy atom. The second-order valence-electron chi connectivity index (χ2n) is 11.9. The maximum atomic E-state index is 11.5. The van der Waals surface area contributed by atoms with Crippen LogP contribution in [0.5, 0.6) is 11.5 Å². The normalized spacial score (nSPS) is 11.8. The third-order valence-electron chi connectivity index (χ3n) is 6.61. The Bertz CT molecular complexity index is 1220. The van der Waals surface area contributed by atoms with Crippen molar-refractivity contribution in [1.29, 1.82) is 0 Å². The van der Waals surface area contributed by atoms with Crippen molar-refractivity contribution in [1.82, 2.24) is 0 Å². The van der Waals surface area contributed by atoms with Crippen LogP contribution in [0.15, 0.2) is 48.5 Å². The van der Waals surface area contributed by atoms with E-state index in [1.165, 1.54) is 0 Å². The number of methoxy groups -OCH3 is 1. The summed E-state index contributed by atoms with van der Waals surface area (Å²) in [5, 5.41) is 23.0. The molecular weight excluding hydrogens is 538 g/mol. The van der Waals surface area contributed by atoms with Gasteiger partial charge in [0, 0.05) is 74.4 Å². The first-order valence-corrected chi connectivity index (χ1v) is 12.8. The molecule has 3 aromatic rings. The fourth-order valence-electron chi connectivity index (χ4n) is 4.77. The molecule has 4 nitrogen and oxygen atoms in total. The summed E-state index contributed by atoms with van der Waals surface area (Å²) in [5.74, 6) is 0.602. The summed E-state index contributed by atoms with van der Waals surface area (Å²) in [6, 6.07) is 16.4. The van der Waals surface area contributed by atoms with Crippen LogP contribution in [0.25, 0.3) is 11.1 Å². The molecule has 5 heteroatoms. The zero-order valence-electron chi connectivity index (χ0n) is 24.0. The zero-order chi connectivity index (χ0) is 26.8. The third-order valence-corrected chi connectivity index (χ3v) is 6.61. The Hall–Kier alpha value is -2.10. The summed E-state index contributed by atoms with van der Waals surface area (Å²) in [6.07, 6.45) is 0.788. The van der Waals surface area contributed by atoms with Gasteiger partial charge >= 0.3 is 0 Å². The van der Waals surface area contributed by atoms with Crippen LogP contribution in [-0.4, -0.2) is 30.5 Å². The number of benzene rings is 3. The minimum absolute atomic E-state index is 0. The van der Waals surface area contributed by atoms with Gasteiger partial charge in [-0.25, -0.2) is 0 Å². The molecule has 198 valence electrons. The molecule has 0 aliphatic carbocycles. The Morgan fingerprint density at radius 1 is 0.730 bits per heavy atom. The minimum Gasteiger partial charge on any atom is -0.507 e. The second-order valence-corrected chi connectivity index (χ2v) is 11.9. The monoisotopic (exact) mass is 579 g/mol. The number of hydrogen-bond acceptors (Lipinski definition) is 4. The summed E-state index contributed by atoms with van der Waals surface area (Å²) >= 11 is 0. The van der Waals surface area contributed by atoms with E-state index in [2.05, 4.69) is 84.6 Å². The number of phenolic OH excluding ortho intramolecular Hbond substituents is 2. The molecule has 0 heterocycles. The van der Waals surface area contributed by atoms with Crippen LogP contribution in [0.1, 0.15) is 70.2 Å². The average Bonchev–Trinajstić information content (AvgIpc) is 2.78. The van der Waals surface area contributed by atoms with Gasteiger partial charge in [-0.15, -0.1) is 0 Å². The maximum Gasteiger partial charge on any atom is 0.142 e. The quantitative estimate of drug-likeness (QED) is 0.277. The molecule has 3 rings (SSSR count). The Labute approximate surface area is 242 Å². The number of ether oxygens (including phenoxy) is 1. The van der Waals surface area contributed by atoms with E-state index in [1.54, 1.807) is 7.11 Å². The SMILES string of the molecule is COCCCN(c1ccccc1-c1cc(C)cc(C(C)(C)C)c1O)c1cc(C)cc(C(C)(C)C)c1O.[Zr]. The molecule has 0 fully saturated rings. The van der Waals surface area contributed by atoms with E-state index in [0.29, 0.717) is 24.7 Å². The molecule has 0 atom stereocenters. The van der Waals surface area contributed by atoms with Crippen molar-refractivity contribution >= 4 is 11.4 Å². The van der Waals surface area contributed by atoms with Crippen molar-refractivity contribution in [2.24, 2.45) is 0 Å². The summed E-state index contributed by atoms with van der Waals surface area (Å²) in [7, 11) is 1.71. The van der Waals surface area contributed by atoms with Gasteiger partial charge < -0.3 is 19.8 Å². The molecule has 0 aliphatic heterocycles. The van der Waals surface area contributed by atoms with Crippen LogP contribution in [0.4, 0.5) is 11.4 Å². The number of aryl methyl sites for hydroxylation is 2. The smallest absolute Gasteiger partial charge is 0.142 e. The van der Waals surface area contributed by atoms with E-state index >= 15 is 0 Å². The number of rotatable bonds is 7. The van der Waals surface area contributed by atoms with E-state index in [1.807, 2.05) is 24.3 Å². The standard InChI is InChI=1S/C32H43NO3.Zr/c1-21-17-24(29(34)25(18-21)31(3,4)5)23-13-10-11-14-27(23)33(15-12-16-36-9)28-20-22(2)19-26(30(28)35)32(6,7)8;/h10-11,13-14,17-20,34-35H,12,15-16H2,1-9H3;. The van der Waals surface area contributed by atoms with Crippen molar-refractivity contribution in [3.05, 3.63) is 70.8 Å². The van der Waals surface area contributed by atoms with Crippen LogP contribution in [0, 0.1) is 13.8 Å². The van der Waals surface area contributed by atoms with Crippen LogP contribution in [0.3, 0.4) is 0 Å². The van der Waals surface area contributed by atoms with Gasteiger partial charge in [0.05, 0.1) is 5.69 Å². The maximum absolute atomic E-state index is 11.5. The van der Waals surface area contributed by atoms with Crippen molar-refractivity contribution in [2.75, 3.05) is 25.2 Å². The Kier molecular flexibility index (Phi) is 10.2. The summed E-state index contributed by atoms with van der Waals surface area (Å²) < 4.78 is 5.37. The number of anilines is 2. The predicted octanol–water partition coefficient (Wildman–Crippen LogP) is 8.15. The van der Waals surface area contributed by atoms with Crippen molar-refractivity contribution in [2.45, 2.75) is 72.6 Å². The van der Waals surface area contributed by atoms with Gasteiger partial charge in [-0.1, -0.05) is 71.9 Å². The molecule has 37 heavy (non-hydrogen) atoms. The van der Waals surface area contributed by atoms with Crippen LogP contribution in [0.2, 0.25) is 0 Å². The number of para-hydroxylation sites is 1. The number of hydrogen-bond donors (Lipinski definition) is 2. The molecule has 3 aromatic carbocycles. The van der Waals surface area contributed by atoms with Crippen LogP contribution in [-0.2, 0) is 41.8 Å². The fraction of sp³-hybridized carbons (Fsp3) is 0.438. The Balaban J connectivity index is 0.00000481. The van der Waals surface area contributed by atoms with E-state index in [4.69, 9.17) is 4.74 Å². The van der Waals surface area contributed by atoms with Crippen molar-refractivity contribution < 1.29 is 41.2 Å². The molecule has 0 radical (unpaired) electrons. The topological polar surface area (TPSA) is 52.9 Å². The van der Waals surface area contributed by atoms with Gasteiger partial charge in [0.15, 0.2) is 0 Å². The molecule has 0 bridgehead atoms. The first-order valence-electron chi connectivity index (χ1n) is 12.8.